The van der Waals surface area contributed by atoms with Gasteiger partial charge in [0.15, 0.2) is 11.9 Å². The third kappa shape index (κ3) is 4.67. The highest BCUT2D eigenvalue weighted by atomic mass is 32.2. The molecule has 4 rings (SSSR count). The first-order valence-corrected chi connectivity index (χ1v) is 12.0. The first-order chi connectivity index (χ1) is 14.3. The van der Waals surface area contributed by atoms with Crippen LogP contribution >= 0.6 is 23.5 Å². The average molecular weight is 425 g/mol. The lowest BCUT2D eigenvalue weighted by Gasteiger charge is -2.19. The molecule has 0 spiro atoms. The molecule has 7 heteroatoms. The summed E-state index contributed by atoms with van der Waals surface area (Å²) in [6, 6.07) is 16.4. The van der Waals surface area contributed by atoms with Gasteiger partial charge < -0.3 is 10.1 Å². The van der Waals surface area contributed by atoms with E-state index in [1.807, 2.05) is 24.3 Å². The van der Waals surface area contributed by atoms with Crippen molar-refractivity contribution in [2.45, 2.75) is 42.5 Å². The highest BCUT2D eigenvalue weighted by molar-refractivity contribution is 7.99. The molecule has 1 aliphatic rings. The van der Waals surface area contributed by atoms with Crippen LogP contribution in [0.5, 0.6) is 5.88 Å². The number of ether oxygens (including phenoxy) is 1. The summed E-state index contributed by atoms with van der Waals surface area (Å²) in [6.07, 6.45) is 5.30. The minimum absolute atomic E-state index is 0.344. The number of unbranched alkanes of at least 4 members (excludes halogenated alkanes) is 2. The van der Waals surface area contributed by atoms with Crippen LogP contribution in [-0.2, 0) is 0 Å². The van der Waals surface area contributed by atoms with Gasteiger partial charge in [-0.05, 0) is 30.9 Å². The third-order valence-corrected chi connectivity index (χ3v) is 6.40. The second-order valence-electron chi connectivity index (χ2n) is 6.76. The second kappa shape index (κ2) is 9.50. The molecule has 0 unspecified atom stereocenters. The Morgan fingerprint density at radius 3 is 2.66 bits per heavy atom. The SMILES string of the molecule is CCCCCSc1nnc2c(n1)O[C@H](c1ccc(SC)cc1)Nc1ccccc1-2. The highest BCUT2D eigenvalue weighted by Gasteiger charge is 2.25. The van der Waals surface area contributed by atoms with Gasteiger partial charge in [-0.3, -0.25) is 0 Å². The van der Waals surface area contributed by atoms with Crippen LogP contribution in [0.3, 0.4) is 0 Å². The van der Waals surface area contributed by atoms with Gasteiger partial charge in [0, 0.05) is 27.5 Å². The summed E-state index contributed by atoms with van der Waals surface area (Å²) in [7, 11) is 0. The topological polar surface area (TPSA) is 59.9 Å². The minimum Gasteiger partial charge on any atom is -0.448 e. The summed E-state index contributed by atoms with van der Waals surface area (Å²) < 4.78 is 6.32. The predicted molar refractivity (Wildman–Crippen MR) is 121 cm³/mol. The number of fused-ring (bicyclic) bond motifs is 3. The molecule has 0 radical (unpaired) electrons. The Labute approximate surface area is 180 Å². The van der Waals surface area contributed by atoms with Gasteiger partial charge in [0.25, 0.3) is 0 Å². The summed E-state index contributed by atoms with van der Waals surface area (Å²) in [6.45, 7) is 2.20. The van der Waals surface area contributed by atoms with Crippen LogP contribution in [0.2, 0.25) is 0 Å². The molecule has 0 bridgehead atoms. The van der Waals surface area contributed by atoms with Gasteiger partial charge in [-0.15, -0.1) is 22.0 Å². The molecular formula is C22H24N4OS2. The van der Waals surface area contributed by atoms with Crippen LogP contribution in [0.4, 0.5) is 5.69 Å². The van der Waals surface area contributed by atoms with E-state index in [1.54, 1.807) is 23.5 Å². The molecule has 2 heterocycles. The van der Waals surface area contributed by atoms with E-state index in [0.717, 1.165) is 29.0 Å². The van der Waals surface area contributed by atoms with Crippen LogP contribution in [-0.4, -0.2) is 27.2 Å². The summed E-state index contributed by atoms with van der Waals surface area (Å²) in [5.74, 6) is 1.51. The Kier molecular flexibility index (Phi) is 6.56. The fourth-order valence-corrected chi connectivity index (χ4v) is 4.34. The molecule has 5 nitrogen and oxygen atoms in total. The lowest BCUT2D eigenvalue weighted by atomic mass is 10.1. The van der Waals surface area contributed by atoms with Gasteiger partial charge in [-0.25, -0.2) is 0 Å². The van der Waals surface area contributed by atoms with Crippen molar-refractivity contribution in [1.29, 1.82) is 0 Å². The molecule has 29 heavy (non-hydrogen) atoms. The van der Waals surface area contributed by atoms with Crippen LogP contribution in [0.25, 0.3) is 11.3 Å². The fraction of sp³-hybridized carbons (Fsp3) is 0.318. The molecule has 0 aliphatic carbocycles. The van der Waals surface area contributed by atoms with Gasteiger partial charge in [0.2, 0.25) is 11.0 Å². The van der Waals surface area contributed by atoms with Crippen molar-refractivity contribution in [2.24, 2.45) is 0 Å². The van der Waals surface area contributed by atoms with Crippen molar-refractivity contribution in [3.8, 4) is 17.1 Å². The predicted octanol–water partition coefficient (Wildman–Crippen LogP) is 6.05. The van der Waals surface area contributed by atoms with Crippen LogP contribution in [0, 0.1) is 0 Å². The van der Waals surface area contributed by atoms with Gasteiger partial charge in [-0.1, -0.05) is 61.9 Å². The zero-order valence-electron chi connectivity index (χ0n) is 16.6. The molecule has 3 aromatic rings. The first-order valence-electron chi connectivity index (χ1n) is 9.82. The lowest BCUT2D eigenvalue weighted by Crippen LogP contribution is -2.17. The minimum atomic E-state index is -0.344. The number of thioether (sulfide) groups is 2. The molecule has 1 N–H and O–H groups in total. The second-order valence-corrected chi connectivity index (χ2v) is 8.71. The summed E-state index contributed by atoms with van der Waals surface area (Å²) in [5.41, 5.74) is 3.63. The van der Waals surface area contributed by atoms with Crippen molar-refractivity contribution in [1.82, 2.24) is 15.2 Å². The van der Waals surface area contributed by atoms with E-state index in [9.17, 15) is 0 Å². The Balaban J connectivity index is 1.66. The molecule has 0 amide bonds. The van der Waals surface area contributed by atoms with E-state index in [-0.39, 0.29) is 6.23 Å². The molecule has 2 aromatic carbocycles. The molecular weight excluding hydrogens is 400 g/mol. The van der Waals surface area contributed by atoms with E-state index in [1.165, 1.54) is 17.7 Å². The summed E-state index contributed by atoms with van der Waals surface area (Å²) >= 11 is 3.36. The van der Waals surface area contributed by atoms with Crippen LogP contribution in [0.15, 0.2) is 58.6 Å². The van der Waals surface area contributed by atoms with E-state index < -0.39 is 0 Å². The Morgan fingerprint density at radius 1 is 1.03 bits per heavy atom. The van der Waals surface area contributed by atoms with Crippen molar-refractivity contribution >= 4 is 29.2 Å². The molecule has 1 atom stereocenters. The Hall–Kier alpha value is -2.25. The summed E-state index contributed by atoms with van der Waals surface area (Å²) in [5, 5.41) is 13.0. The number of para-hydroxylation sites is 1. The number of benzene rings is 2. The van der Waals surface area contributed by atoms with E-state index in [0.29, 0.717) is 16.7 Å². The number of hydrogen-bond donors (Lipinski definition) is 1. The third-order valence-electron chi connectivity index (χ3n) is 4.73. The smallest absolute Gasteiger partial charge is 0.247 e. The Bertz CT molecular complexity index is 965. The van der Waals surface area contributed by atoms with Crippen LogP contribution < -0.4 is 10.1 Å². The monoisotopic (exact) mass is 424 g/mol. The number of aromatic nitrogens is 3. The number of hydrogen-bond acceptors (Lipinski definition) is 7. The van der Waals surface area contributed by atoms with Crippen molar-refractivity contribution in [2.75, 3.05) is 17.3 Å². The number of nitrogens with one attached hydrogen (secondary N) is 1. The molecule has 150 valence electrons. The van der Waals surface area contributed by atoms with Gasteiger partial charge in [-0.2, -0.15) is 4.98 Å². The first kappa shape index (κ1) is 20.0. The van der Waals surface area contributed by atoms with Crippen molar-refractivity contribution < 1.29 is 4.74 Å². The average Bonchev–Trinajstić information content (AvgIpc) is 2.93. The van der Waals surface area contributed by atoms with Crippen LogP contribution in [0.1, 0.15) is 38.0 Å². The van der Waals surface area contributed by atoms with E-state index in [2.05, 4.69) is 53.0 Å². The fourth-order valence-electron chi connectivity index (χ4n) is 3.15. The molecule has 0 saturated carbocycles. The zero-order valence-corrected chi connectivity index (χ0v) is 18.2. The number of anilines is 1. The summed E-state index contributed by atoms with van der Waals surface area (Å²) in [4.78, 5) is 5.92. The normalized spacial score (nSPS) is 14.9. The molecule has 1 aliphatic heterocycles. The van der Waals surface area contributed by atoms with E-state index in [4.69, 9.17) is 9.72 Å². The van der Waals surface area contributed by atoms with Crippen molar-refractivity contribution in [3.63, 3.8) is 0 Å². The maximum absolute atomic E-state index is 6.32. The molecule has 1 aromatic heterocycles. The van der Waals surface area contributed by atoms with Crippen molar-refractivity contribution in [3.05, 3.63) is 54.1 Å². The largest absolute Gasteiger partial charge is 0.448 e. The molecule has 0 fully saturated rings. The lowest BCUT2D eigenvalue weighted by molar-refractivity contribution is 0.225. The standard InChI is InChI=1S/C22H24N4OS2/c1-3-4-7-14-29-22-24-21-19(25-26-22)17-8-5-6-9-18(17)23-20(27-21)15-10-12-16(28-2)13-11-15/h5-6,8-13,20,23H,3-4,7,14H2,1-2H3/t20-/m1/s1. The Morgan fingerprint density at radius 2 is 1.86 bits per heavy atom. The maximum Gasteiger partial charge on any atom is 0.247 e. The zero-order chi connectivity index (χ0) is 20.1. The number of nitrogens with zero attached hydrogens (tertiary/aromatic N) is 3. The maximum atomic E-state index is 6.32. The quantitative estimate of drug-likeness (QED) is 0.366. The molecule has 0 saturated heterocycles. The van der Waals surface area contributed by atoms with Gasteiger partial charge >= 0.3 is 0 Å². The van der Waals surface area contributed by atoms with Gasteiger partial charge in [0.1, 0.15) is 0 Å². The van der Waals surface area contributed by atoms with E-state index >= 15 is 0 Å². The highest BCUT2D eigenvalue weighted by Crippen LogP contribution is 2.39. The number of rotatable bonds is 7. The van der Waals surface area contributed by atoms with Gasteiger partial charge in [0.05, 0.1) is 0 Å².